The van der Waals surface area contributed by atoms with E-state index in [0.717, 1.165) is 32.5 Å². The van der Waals surface area contributed by atoms with E-state index in [1.807, 2.05) is 7.05 Å². The molecule has 17 heavy (non-hydrogen) atoms. The fourth-order valence-electron chi connectivity index (χ4n) is 1.65. The second-order valence-electron chi connectivity index (χ2n) is 4.11. The van der Waals surface area contributed by atoms with Crippen molar-refractivity contribution in [2.24, 2.45) is 0 Å². The molecule has 0 fully saturated rings. The summed E-state index contributed by atoms with van der Waals surface area (Å²) in [7, 11) is 1.86. The van der Waals surface area contributed by atoms with Gasteiger partial charge in [-0.05, 0) is 12.8 Å². The normalized spacial score (nSPS) is 10.6. The van der Waals surface area contributed by atoms with E-state index in [0.29, 0.717) is 13.0 Å². The highest BCUT2D eigenvalue weighted by Gasteiger charge is 2.14. The van der Waals surface area contributed by atoms with Crippen LogP contribution in [-0.2, 0) is 4.79 Å². The van der Waals surface area contributed by atoms with Crippen molar-refractivity contribution in [2.75, 3.05) is 33.2 Å². The van der Waals surface area contributed by atoms with Gasteiger partial charge in [0.05, 0.1) is 0 Å². The Morgan fingerprint density at radius 2 is 1.88 bits per heavy atom. The van der Waals surface area contributed by atoms with E-state index in [2.05, 4.69) is 30.8 Å². The summed E-state index contributed by atoms with van der Waals surface area (Å²) in [5.74, 6) is 0.170. The first-order valence-electron chi connectivity index (χ1n) is 6.50. The van der Waals surface area contributed by atoms with Crippen molar-refractivity contribution in [3.63, 3.8) is 0 Å². The van der Waals surface area contributed by atoms with Crippen LogP contribution in [0.15, 0.2) is 12.7 Å². The maximum Gasteiger partial charge on any atom is 0.237 e. The Bertz CT molecular complexity index is 213. The molecule has 0 aliphatic carbocycles. The lowest BCUT2D eigenvalue weighted by Crippen LogP contribution is -2.45. The summed E-state index contributed by atoms with van der Waals surface area (Å²) in [5, 5.41) is 7.03. The first-order valence-corrected chi connectivity index (χ1v) is 6.50. The number of nitrogens with zero attached hydrogens (tertiary/aromatic N) is 2. The molecule has 0 rings (SSSR count). The van der Waals surface area contributed by atoms with Gasteiger partial charge in [-0.3, -0.25) is 9.80 Å². The predicted molar refractivity (Wildman–Crippen MR) is 72.6 cm³/mol. The van der Waals surface area contributed by atoms with E-state index in [-0.39, 0.29) is 5.91 Å². The Labute approximate surface area is 106 Å². The van der Waals surface area contributed by atoms with Gasteiger partial charge in [-0.1, -0.05) is 19.9 Å². The van der Waals surface area contributed by atoms with Crippen molar-refractivity contribution in [3.05, 3.63) is 12.7 Å². The Balaban J connectivity index is 4.00. The van der Waals surface area contributed by atoms with Gasteiger partial charge in [-0.2, -0.15) is 0 Å². The van der Waals surface area contributed by atoms with Crippen molar-refractivity contribution in [1.29, 1.82) is 0 Å². The van der Waals surface area contributed by atoms with Crippen LogP contribution in [0.25, 0.3) is 0 Å². The molecular formula is C13H27N3O. The van der Waals surface area contributed by atoms with Crippen LogP contribution in [-0.4, -0.2) is 49.2 Å². The van der Waals surface area contributed by atoms with Crippen molar-refractivity contribution in [2.45, 2.75) is 33.1 Å². The molecule has 1 N–H and O–H groups in total. The van der Waals surface area contributed by atoms with Gasteiger partial charge in [-0.15, -0.1) is 6.58 Å². The van der Waals surface area contributed by atoms with Gasteiger partial charge in [-0.25, -0.2) is 5.01 Å². The van der Waals surface area contributed by atoms with Crippen LogP contribution in [0, 0.1) is 0 Å². The molecular weight excluding hydrogens is 214 g/mol. The third-order valence-electron chi connectivity index (χ3n) is 2.55. The summed E-state index contributed by atoms with van der Waals surface area (Å²) < 4.78 is 0. The summed E-state index contributed by atoms with van der Waals surface area (Å²) in [4.78, 5) is 11.9. The Morgan fingerprint density at radius 3 is 2.35 bits per heavy atom. The third-order valence-corrected chi connectivity index (χ3v) is 2.55. The van der Waals surface area contributed by atoms with Gasteiger partial charge >= 0.3 is 0 Å². The molecule has 4 nitrogen and oxygen atoms in total. The molecule has 0 aromatic rings. The maximum absolute atomic E-state index is 11.9. The van der Waals surface area contributed by atoms with Crippen LogP contribution in [0.5, 0.6) is 0 Å². The highest BCUT2D eigenvalue weighted by molar-refractivity contribution is 5.75. The van der Waals surface area contributed by atoms with E-state index >= 15 is 0 Å². The van der Waals surface area contributed by atoms with E-state index < -0.39 is 0 Å². The minimum Gasteiger partial charge on any atom is -0.313 e. The molecule has 0 aromatic heterocycles. The molecule has 0 radical (unpaired) electrons. The fraction of sp³-hybridized carbons (Fsp3) is 0.769. The highest BCUT2D eigenvalue weighted by atomic mass is 16.2. The molecule has 0 bridgehead atoms. The summed E-state index contributed by atoms with van der Waals surface area (Å²) >= 11 is 0. The van der Waals surface area contributed by atoms with E-state index in [4.69, 9.17) is 0 Å². The topological polar surface area (TPSA) is 35.6 Å². The summed E-state index contributed by atoms with van der Waals surface area (Å²) in [6.45, 7) is 11.2. The quantitative estimate of drug-likeness (QED) is 0.359. The SMILES string of the molecule is C=CCNCCC(=O)N(C)N(CCC)CCC. The number of hydrazine groups is 1. The van der Waals surface area contributed by atoms with Gasteiger partial charge < -0.3 is 5.32 Å². The van der Waals surface area contributed by atoms with Crippen molar-refractivity contribution in [3.8, 4) is 0 Å². The number of hydrogen-bond donors (Lipinski definition) is 1. The minimum absolute atomic E-state index is 0.170. The van der Waals surface area contributed by atoms with Crippen molar-refractivity contribution >= 4 is 5.91 Å². The highest BCUT2D eigenvalue weighted by Crippen LogP contribution is 2.01. The average Bonchev–Trinajstić information content (AvgIpc) is 2.33. The molecule has 0 heterocycles. The Hall–Kier alpha value is -0.870. The molecule has 0 saturated heterocycles. The molecule has 0 atom stereocenters. The van der Waals surface area contributed by atoms with Crippen LogP contribution in [0.2, 0.25) is 0 Å². The molecule has 0 aliphatic rings. The number of nitrogens with one attached hydrogen (secondary N) is 1. The lowest BCUT2D eigenvalue weighted by molar-refractivity contribution is -0.145. The molecule has 0 spiro atoms. The first kappa shape index (κ1) is 16.1. The Morgan fingerprint density at radius 1 is 1.29 bits per heavy atom. The second kappa shape index (κ2) is 10.3. The molecule has 0 unspecified atom stereocenters. The van der Waals surface area contributed by atoms with Gasteiger partial charge in [0, 0.05) is 39.6 Å². The van der Waals surface area contributed by atoms with Gasteiger partial charge in [0.25, 0.3) is 0 Å². The Kier molecular flexibility index (Phi) is 9.77. The fourth-order valence-corrected chi connectivity index (χ4v) is 1.65. The zero-order valence-electron chi connectivity index (χ0n) is 11.5. The van der Waals surface area contributed by atoms with Crippen LogP contribution < -0.4 is 5.32 Å². The maximum atomic E-state index is 11.9. The van der Waals surface area contributed by atoms with Crippen LogP contribution in [0.3, 0.4) is 0 Å². The summed E-state index contributed by atoms with van der Waals surface area (Å²) in [6, 6.07) is 0. The minimum atomic E-state index is 0.170. The molecule has 100 valence electrons. The zero-order valence-corrected chi connectivity index (χ0v) is 11.5. The largest absolute Gasteiger partial charge is 0.313 e. The summed E-state index contributed by atoms with van der Waals surface area (Å²) in [6.07, 6.45) is 4.46. The molecule has 0 saturated carbocycles. The van der Waals surface area contributed by atoms with Crippen LogP contribution >= 0.6 is 0 Å². The number of carbonyl (C=O) groups is 1. The number of rotatable bonds is 10. The predicted octanol–water partition coefficient (Wildman–Crippen LogP) is 1.65. The summed E-state index contributed by atoms with van der Waals surface area (Å²) in [5.41, 5.74) is 0. The monoisotopic (exact) mass is 241 g/mol. The smallest absolute Gasteiger partial charge is 0.237 e. The molecule has 0 aromatic carbocycles. The van der Waals surface area contributed by atoms with Crippen LogP contribution in [0.4, 0.5) is 0 Å². The lowest BCUT2D eigenvalue weighted by Gasteiger charge is -2.31. The van der Waals surface area contributed by atoms with Gasteiger partial charge in [0.15, 0.2) is 0 Å². The van der Waals surface area contributed by atoms with Gasteiger partial charge in [0.1, 0.15) is 0 Å². The second-order valence-corrected chi connectivity index (χ2v) is 4.11. The van der Waals surface area contributed by atoms with E-state index in [1.54, 1.807) is 11.1 Å². The lowest BCUT2D eigenvalue weighted by atomic mass is 10.3. The van der Waals surface area contributed by atoms with Crippen molar-refractivity contribution in [1.82, 2.24) is 15.3 Å². The number of carbonyl (C=O) groups excluding carboxylic acids is 1. The molecule has 4 heteroatoms. The standard InChI is InChI=1S/C13H27N3O/c1-5-9-14-10-8-13(17)15(4)16(11-6-2)12-7-3/h5,14H,1,6-12H2,2-4H3. The average molecular weight is 241 g/mol. The zero-order chi connectivity index (χ0) is 13.1. The van der Waals surface area contributed by atoms with Gasteiger partial charge in [0.2, 0.25) is 5.91 Å². The van der Waals surface area contributed by atoms with E-state index in [9.17, 15) is 4.79 Å². The van der Waals surface area contributed by atoms with E-state index in [1.165, 1.54) is 0 Å². The first-order chi connectivity index (χ1) is 8.17. The van der Waals surface area contributed by atoms with Crippen LogP contribution in [0.1, 0.15) is 33.1 Å². The number of amides is 1. The number of hydrogen-bond acceptors (Lipinski definition) is 3. The molecule has 0 aliphatic heterocycles. The van der Waals surface area contributed by atoms with Crippen molar-refractivity contribution < 1.29 is 4.79 Å². The third kappa shape index (κ3) is 7.13. The molecule has 1 amide bonds.